The molecule has 0 unspecified atom stereocenters. The van der Waals surface area contributed by atoms with Crippen molar-refractivity contribution in [1.82, 2.24) is 4.90 Å². The van der Waals surface area contributed by atoms with Crippen molar-refractivity contribution in [1.29, 1.82) is 0 Å². The monoisotopic (exact) mass is 271 g/mol. The van der Waals surface area contributed by atoms with Crippen LogP contribution in [0.4, 0.5) is 5.69 Å². The summed E-state index contributed by atoms with van der Waals surface area (Å²) in [5.41, 5.74) is 4.65. The summed E-state index contributed by atoms with van der Waals surface area (Å²) in [5, 5.41) is 10.6. The lowest BCUT2D eigenvalue weighted by Gasteiger charge is -2.14. The minimum absolute atomic E-state index is 0.0610. The standard InChI is InChI=1S/C10H10ClN3O4/c1-13(5-9(12)15)10(16)6-2-3-7(11)8(4-6)14(17)18/h2-4H,5H2,1H3,(H2,12,15). The third-order valence-electron chi connectivity index (χ3n) is 2.13. The molecule has 1 aromatic carbocycles. The van der Waals surface area contributed by atoms with Crippen LogP contribution in [0.1, 0.15) is 10.4 Å². The first-order chi connectivity index (χ1) is 8.32. The van der Waals surface area contributed by atoms with E-state index < -0.39 is 16.7 Å². The van der Waals surface area contributed by atoms with Gasteiger partial charge < -0.3 is 10.6 Å². The Morgan fingerprint density at radius 3 is 2.61 bits per heavy atom. The molecule has 2 amide bonds. The van der Waals surface area contributed by atoms with Crippen LogP contribution < -0.4 is 5.73 Å². The fourth-order valence-electron chi connectivity index (χ4n) is 1.31. The summed E-state index contributed by atoms with van der Waals surface area (Å²) in [6.45, 7) is -0.269. The van der Waals surface area contributed by atoms with Crippen molar-refractivity contribution in [3.63, 3.8) is 0 Å². The highest BCUT2D eigenvalue weighted by Gasteiger charge is 2.19. The third kappa shape index (κ3) is 3.17. The maximum Gasteiger partial charge on any atom is 0.288 e. The van der Waals surface area contributed by atoms with Crippen LogP contribution >= 0.6 is 11.6 Å². The lowest BCUT2D eigenvalue weighted by molar-refractivity contribution is -0.384. The predicted molar refractivity (Wildman–Crippen MR) is 64.3 cm³/mol. The summed E-state index contributed by atoms with van der Waals surface area (Å²) < 4.78 is 0. The molecule has 0 aliphatic heterocycles. The van der Waals surface area contributed by atoms with Crippen molar-refractivity contribution in [2.24, 2.45) is 5.73 Å². The summed E-state index contributed by atoms with van der Waals surface area (Å²) >= 11 is 5.62. The van der Waals surface area contributed by atoms with E-state index in [4.69, 9.17) is 17.3 Å². The Balaban J connectivity index is 3.03. The number of nitro groups is 1. The zero-order chi connectivity index (χ0) is 13.9. The maximum atomic E-state index is 11.8. The van der Waals surface area contributed by atoms with Crippen molar-refractivity contribution in [3.8, 4) is 0 Å². The average Bonchev–Trinajstić information content (AvgIpc) is 2.27. The van der Waals surface area contributed by atoms with Gasteiger partial charge in [-0.05, 0) is 12.1 Å². The summed E-state index contributed by atoms with van der Waals surface area (Å²) in [4.78, 5) is 33.5. The largest absolute Gasteiger partial charge is 0.368 e. The average molecular weight is 272 g/mol. The molecule has 0 saturated heterocycles. The maximum absolute atomic E-state index is 11.8. The number of benzene rings is 1. The number of carbonyl (C=O) groups excluding carboxylic acids is 2. The van der Waals surface area contributed by atoms with Gasteiger partial charge in [0.15, 0.2) is 0 Å². The van der Waals surface area contributed by atoms with Crippen molar-refractivity contribution in [3.05, 3.63) is 38.9 Å². The fourth-order valence-corrected chi connectivity index (χ4v) is 1.50. The molecular weight excluding hydrogens is 262 g/mol. The molecule has 0 saturated carbocycles. The summed E-state index contributed by atoms with van der Waals surface area (Å²) in [6.07, 6.45) is 0. The Morgan fingerprint density at radius 1 is 1.50 bits per heavy atom. The minimum atomic E-state index is -0.687. The summed E-state index contributed by atoms with van der Waals surface area (Å²) in [5.74, 6) is -1.22. The van der Waals surface area contributed by atoms with Crippen LogP contribution in [0.2, 0.25) is 5.02 Å². The van der Waals surface area contributed by atoms with Crippen LogP contribution in [0.25, 0.3) is 0 Å². The molecule has 1 rings (SSSR count). The first kappa shape index (κ1) is 13.9. The first-order valence-corrected chi connectivity index (χ1v) is 5.18. The molecule has 0 spiro atoms. The second kappa shape index (κ2) is 5.46. The molecule has 2 N–H and O–H groups in total. The van der Waals surface area contributed by atoms with Gasteiger partial charge in [0.25, 0.3) is 11.6 Å². The molecule has 1 aromatic rings. The second-order valence-corrected chi connectivity index (χ2v) is 3.96. The smallest absolute Gasteiger partial charge is 0.288 e. The first-order valence-electron chi connectivity index (χ1n) is 4.80. The Kier molecular flexibility index (Phi) is 4.22. The number of nitrogens with two attached hydrogens (primary N) is 1. The van der Waals surface area contributed by atoms with E-state index in [1.807, 2.05) is 0 Å². The lowest BCUT2D eigenvalue weighted by Crippen LogP contribution is -2.35. The van der Waals surface area contributed by atoms with Crippen molar-refractivity contribution in [2.75, 3.05) is 13.6 Å². The molecule has 18 heavy (non-hydrogen) atoms. The Bertz CT molecular complexity index is 518. The molecule has 0 aliphatic rings. The third-order valence-corrected chi connectivity index (χ3v) is 2.45. The fraction of sp³-hybridized carbons (Fsp3) is 0.200. The highest BCUT2D eigenvalue weighted by atomic mass is 35.5. The van der Waals surface area contributed by atoms with Crippen LogP contribution in [0.3, 0.4) is 0 Å². The van der Waals surface area contributed by atoms with Gasteiger partial charge in [0, 0.05) is 18.7 Å². The van der Waals surface area contributed by atoms with Gasteiger partial charge >= 0.3 is 0 Å². The van der Waals surface area contributed by atoms with E-state index in [1.54, 1.807) is 0 Å². The van der Waals surface area contributed by atoms with Crippen molar-refractivity contribution >= 4 is 29.1 Å². The zero-order valence-electron chi connectivity index (χ0n) is 9.42. The SMILES string of the molecule is CN(CC(N)=O)C(=O)c1ccc(Cl)c([N+](=O)[O-])c1. The Hall–Kier alpha value is -2.15. The van der Waals surface area contributed by atoms with Gasteiger partial charge in [-0.15, -0.1) is 0 Å². The molecule has 0 aromatic heterocycles. The van der Waals surface area contributed by atoms with Crippen molar-refractivity contribution in [2.45, 2.75) is 0 Å². The van der Waals surface area contributed by atoms with Gasteiger partial charge in [0.05, 0.1) is 11.5 Å². The van der Waals surface area contributed by atoms with E-state index in [2.05, 4.69) is 0 Å². The molecular formula is C10H10ClN3O4. The highest BCUT2D eigenvalue weighted by molar-refractivity contribution is 6.32. The number of hydrogen-bond donors (Lipinski definition) is 1. The second-order valence-electron chi connectivity index (χ2n) is 3.55. The molecule has 0 atom stereocenters. The Morgan fingerprint density at radius 2 is 2.11 bits per heavy atom. The molecule has 0 heterocycles. The van der Waals surface area contributed by atoms with E-state index in [9.17, 15) is 19.7 Å². The van der Waals surface area contributed by atoms with Crippen LogP contribution in [-0.4, -0.2) is 35.2 Å². The molecule has 96 valence electrons. The van der Waals surface area contributed by atoms with Gasteiger partial charge in [-0.3, -0.25) is 19.7 Å². The number of nitro benzene ring substituents is 1. The van der Waals surface area contributed by atoms with Gasteiger partial charge in [0.1, 0.15) is 5.02 Å². The van der Waals surface area contributed by atoms with Gasteiger partial charge in [0.2, 0.25) is 5.91 Å². The summed E-state index contributed by atoms with van der Waals surface area (Å²) in [6, 6.07) is 3.66. The van der Waals surface area contributed by atoms with Crippen LogP contribution in [0, 0.1) is 10.1 Å². The zero-order valence-corrected chi connectivity index (χ0v) is 10.2. The quantitative estimate of drug-likeness (QED) is 0.646. The molecule has 0 aliphatic carbocycles. The van der Waals surface area contributed by atoms with E-state index in [0.717, 1.165) is 11.0 Å². The number of amides is 2. The molecule has 0 bridgehead atoms. The van der Waals surface area contributed by atoms with Crippen LogP contribution in [-0.2, 0) is 4.79 Å². The van der Waals surface area contributed by atoms with Gasteiger partial charge in [-0.25, -0.2) is 0 Å². The number of carbonyl (C=O) groups is 2. The lowest BCUT2D eigenvalue weighted by atomic mass is 10.2. The van der Waals surface area contributed by atoms with E-state index in [1.165, 1.54) is 19.2 Å². The normalized spacial score (nSPS) is 9.89. The number of hydrogen-bond acceptors (Lipinski definition) is 4. The minimum Gasteiger partial charge on any atom is -0.368 e. The van der Waals surface area contributed by atoms with Crippen LogP contribution in [0.15, 0.2) is 18.2 Å². The van der Waals surface area contributed by atoms with Gasteiger partial charge in [-0.2, -0.15) is 0 Å². The predicted octanol–water partition coefficient (Wildman–Crippen LogP) is 0.805. The number of nitrogens with zero attached hydrogens (tertiary/aromatic N) is 2. The van der Waals surface area contributed by atoms with E-state index in [-0.39, 0.29) is 22.8 Å². The molecule has 8 heteroatoms. The Labute approximate surface area is 107 Å². The number of primary amides is 1. The molecule has 0 radical (unpaired) electrons. The number of rotatable bonds is 4. The van der Waals surface area contributed by atoms with E-state index in [0.29, 0.717) is 0 Å². The van der Waals surface area contributed by atoms with Crippen LogP contribution in [0.5, 0.6) is 0 Å². The molecule has 0 fully saturated rings. The summed E-state index contributed by atoms with van der Waals surface area (Å²) in [7, 11) is 1.37. The molecule has 7 nitrogen and oxygen atoms in total. The van der Waals surface area contributed by atoms with E-state index >= 15 is 0 Å². The highest BCUT2D eigenvalue weighted by Crippen LogP contribution is 2.25. The van der Waals surface area contributed by atoms with Gasteiger partial charge in [-0.1, -0.05) is 11.6 Å². The topological polar surface area (TPSA) is 107 Å². The van der Waals surface area contributed by atoms with Crippen molar-refractivity contribution < 1.29 is 14.5 Å². The number of likely N-dealkylation sites (N-methyl/N-ethyl adjacent to an activating group) is 1. The number of halogens is 1.